The predicted octanol–water partition coefficient (Wildman–Crippen LogP) is 4.10. The van der Waals surface area contributed by atoms with E-state index in [9.17, 15) is 30.0 Å². The van der Waals surface area contributed by atoms with Crippen molar-refractivity contribution in [3.05, 3.63) is 34.4 Å². The molecule has 226 valence electrons. The van der Waals surface area contributed by atoms with Crippen LogP contribution in [-0.2, 0) is 9.47 Å². The molecule has 0 spiro atoms. The summed E-state index contributed by atoms with van der Waals surface area (Å²) in [5, 5.41) is 46.4. The Hall–Kier alpha value is -3.18. The summed E-state index contributed by atoms with van der Waals surface area (Å²) in [4.78, 5) is 27.8. The van der Waals surface area contributed by atoms with Crippen LogP contribution in [0.4, 0.5) is 0 Å². The summed E-state index contributed by atoms with van der Waals surface area (Å²) in [5.41, 5.74) is 0.173. The summed E-state index contributed by atoms with van der Waals surface area (Å²) in [6.45, 7) is 7.35. The molecule has 10 atom stereocenters. The van der Waals surface area contributed by atoms with Gasteiger partial charge in [0.1, 0.15) is 23.0 Å². The monoisotopic (exact) mass is 582 g/mol. The Morgan fingerprint density at radius 1 is 0.667 bits per heavy atom. The fourth-order valence-corrected chi connectivity index (χ4v) is 8.15. The highest BCUT2D eigenvalue weighted by atomic mass is 16.5. The molecule has 10 unspecified atom stereocenters. The van der Waals surface area contributed by atoms with Gasteiger partial charge >= 0.3 is 0 Å². The quantitative estimate of drug-likeness (QED) is 0.416. The third kappa shape index (κ3) is 3.99. The number of methoxy groups -OCH3 is 2. The first kappa shape index (κ1) is 28.9. The molecule has 2 aliphatic carbocycles. The summed E-state index contributed by atoms with van der Waals surface area (Å²) in [6, 6.07) is 2.99. The van der Waals surface area contributed by atoms with Crippen molar-refractivity contribution in [1.82, 2.24) is 0 Å². The number of rotatable bonds is 3. The third-order valence-electron chi connectivity index (χ3n) is 9.86. The lowest BCUT2D eigenvalue weighted by Crippen LogP contribution is -2.48. The number of aliphatic hydroxyl groups excluding tert-OH is 2. The number of hydrogen-bond donors (Lipinski definition) is 4. The van der Waals surface area contributed by atoms with E-state index in [-0.39, 0.29) is 68.7 Å². The van der Waals surface area contributed by atoms with Crippen LogP contribution in [0.5, 0.6) is 23.0 Å². The molecule has 0 aromatic heterocycles. The van der Waals surface area contributed by atoms with Gasteiger partial charge in [0, 0.05) is 11.8 Å². The van der Waals surface area contributed by atoms with Crippen LogP contribution in [0.25, 0.3) is 11.1 Å². The minimum atomic E-state index is -1.06. The van der Waals surface area contributed by atoms with E-state index in [2.05, 4.69) is 0 Å². The molecule has 10 heteroatoms. The first-order valence-electron chi connectivity index (χ1n) is 14.5. The van der Waals surface area contributed by atoms with Gasteiger partial charge in [-0.2, -0.15) is 0 Å². The summed E-state index contributed by atoms with van der Waals surface area (Å²) in [5.74, 6) is -3.79. The second-order valence-corrected chi connectivity index (χ2v) is 12.3. The zero-order valence-corrected chi connectivity index (χ0v) is 24.6. The van der Waals surface area contributed by atoms with Crippen molar-refractivity contribution in [3.8, 4) is 34.1 Å². The van der Waals surface area contributed by atoms with E-state index in [1.54, 1.807) is 13.8 Å². The highest BCUT2D eigenvalue weighted by Gasteiger charge is 2.52. The lowest BCUT2D eigenvalue weighted by Gasteiger charge is -2.45. The second kappa shape index (κ2) is 10.2. The fourth-order valence-electron chi connectivity index (χ4n) is 8.15. The largest absolute Gasteiger partial charge is 0.506 e. The van der Waals surface area contributed by atoms with Gasteiger partial charge in [-0.3, -0.25) is 9.59 Å². The van der Waals surface area contributed by atoms with Gasteiger partial charge in [-0.05, 0) is 63.8 Å². The molecule has 10 nitrogen and oxygen atoms in total. The number of fused-ring (bicyclic) bond motifs is 4. The average Bonchev–Trinajstić information content (AvgIpc) is 2.93. The summed E-state index contributed by atoms with van der Waals surface area (Å²) in [6.07, 6.45) is -2.45. The summed E-state index contributed by atoms with van der Waals surface area (Å²) >= 11 is 0. The number of carbonyl (C=O) groups is 2. The first-order chi connectivity index (χ1) is 19.9. The van der Waals surface area contributed by atoms with Crippen LogP contribution < -0.4 is 9.47 Å². The second-order valence-electron chi connectivity index (χ2n) is 12.3. The highest BCUT2D eigenvalue weighted by Crippen LogP contribution is 2.58. The smallest absolute Gasteiger partial charge is 0.173 e. The van der Waals surface area contributed by atoms with Crippen molar-refractivity contribution in [1.29, 1.82) is 0 Å². The number of aromatic hydroxyl groups is 2. The van der Waals surface area contributed by atoms with Crippen LogP contribution in [0, 0.1) is 23.7 Å². The van der Waals surface area contributed by atoms with Crippen molar-refractivity contribution in [2.45, 2.75) is 77.2 Å². The SMILES string of the molecule is COc1cc2c(c(O)c1-c1c(OC)cc3c(c1O)C(=O)C1C(C)OC(C)CC1C3O)C(=O)C1C(C)OC(C)CC1C2O. The van der Waals surface area contributed by atoms with Gasteiger partial charge in [-0.15, -0.1) is 0 Å². The molecule has 42 heavy (non-hydrogen) atoms. The highest BCUT2D eigenvalue weighted by molar-refractivity contribution is 6.09. The van der Waals surface area contributed by atoms with Crippen LogP contribution in [0.3, 0.4) is 0 Å². The topological polar surface area (TPSA) is 152 Å². The average molecular weight is 583 g/mol. The zero-order chi connectivity index (χ0) is 30.4. The fraction of sp³-hybridized carbons (Fsp3) is 0.562. The van der Waals surface area contributed by atoms with E-state index in [1.165, 1.54) is 26.4 Å². The molecule has 2 aromatic rings. The Morgan fingerprint density at radius 2 is 1.02 bits per heavy atom. The predicted molar refractivity (Wildman–Crippen MR) is 150 cm³/mol. The first-order valence-corrected chi connectivity index (χ1v) is 14.5. The van der Waals surface area contributed by atoms with Gasteiger partial charge in [0.25, 0.3) is 0 Å². The maximum absolute atomic E-state index is 13.9. The summed E-state index contributed by atoms with van der Waals surface area (Å²) in [7, 11) is 2.74. The maximum Gasteiger partial charge on any atom is 0.173 e. The zero-order valence-electron chi connectivity index (χ0n) is 24.6. The van der Waals surface area contributed by atoms with Crippen LogP contribution >= 0.6 is 0 Å². The Labute approximate surface area is 244 Å². The van der Waals surface area contributed by atoms with Crippen molar-refractivity contribution in [2.75, 3.05) is 14.2 Å². The summed E-state index contributed by atoms with van der Waals surface area (Å²) < 4.78 is 23.1. The molecular weight excluding hydrogens is 544 g/mol. The Balaban J connectivity index is 1.58. The lowest BCUT2D eigenvalue weighted by atomic mass is 9.66. The van der Waals surface area contributed by atoms with E-state index in [0.717, 1.165) is 0 Å². The van der Waals surface area contributed by atoms with Crippen LogP contribution in [0.15, 0.2) is 12.1 Å². The molecule has 2 saturated heterocycles. The van der Waals surface area contributed by atoms with E-state index < -0.39 is 59.6 Å². The number of benzene rings is 2. The standard InChI is InChI=1S/C32H38O10/c1-11-7-15-21(13(3)41-11)29(35)23-17(27(15)33)9-19(39-5)25(31(23)37)26-20(40-6)10-18-24(32(26)38)30(36)22-14(4)42-12(2)8-16(22)28(18)34/h9-16,21-22,27-28,33-34,37-38H,7-8H2,1-6H3. The minimum Gasteiger partial charge on any atom is -0.506 e. The molecule has 0 bridgehead atoms. The van der Waals surface area contributed by atoms with E-state index in [0.29, 0.717) is 12.8 Å². The Morgan fingerprint density at radius 3 is 1.36 bits per heavy atom. The molecule has 2 heterocycles. The Kier molecular flexibility index (Phi) is 7.04. The van der Waals surface area contributed by atoms with Gasteiger partial charge < -0.3 is 39.4 Å². The van der Waals surface area contributed by atoms with E-state index in [1.807, 2.05) is 13.8 Å². The number of carbonyl (C=O) groups excluding carboxylic acids is 2. The number of phenols is 2. The maximum atomic E-state index is 13.9. The molecule has 4 aliphatic rings. The molecular formula is C32H38O10. The molecule has 2 aliphatic heterocycles. The number of hydrogen-bond acceptors (Lipinski definition) is 10. The van der Waals surface area contributed by atoms with Gasteiger partial charge in [0.15, 0.2) is 11.6 Å². The number of ether oxygens (including phenoxy) is 4. The lowest BCUT2D eigenvalue weighted by molar-refractivity contribution is -0.111. The van der Waals surface area contributed by atoms with Gasteiger partial charge in [0.05, 0.1) is 84.9 Å². The van der Waals surface area contributed by atoms with Crippen molar-refractivity contribution in [2.24, 2.45) is 23.7 Å². The molecule has 0 radical (unpaired) electrons. The van der Waals surface area contributed by atoms with Crippen molar-refractivity contribution in [3.63, 3.8) is 0 Å². The number of phenolic OH excluding ortho intramolecular Hbond substituents is 2. The normalized spacial score (nSPS) is 35.5. The Bertz CT molecular complexity index is 1360. The molecule has 0 saturated carbocycles. The van der Waals surface area contributed by atoms with Gasteiger partial charge in [0.2, 0.25) is 0 Å². The molecule has 4 N–H and O–H groups in total. The van der Waals surface area contributed by atoms with Crippen LogP contribution in [-0.4, -0.2) is 70.6 Å². The number of Topliss-reactive ketones (excluding diaryl/α,β-unsaturated/α-hetero) is 2. The van der Waals surface area contributed by atoms with Crippen LogP contribution in [0.1, 0.15) is 84.6 Å². The molecule has 2 aromatic carbocycles. The molecule has 0 amide bonds. The van der Waals surface area contributed by atoms with E-state index >= 15 is 0 Å². The van der Waals surface area contributed by atoms with Crippen molar-refractivity contribution < 1.29 is 49.0 Å². The molecule has 6 rings (SSSR count). The minimum absolute atomic E-state index is 0.0591. The van der Waals surface area contributed by atoms with Crippen LogP contribution in [0.2, 0.25) is 0 Å². The molecule has 2 fully saturated rings. The van der Waals surface area contributed by atoms with Crippen molar-refractivity contribution >= 4 is 11.6 Å². The van der Waals surface area contributed by atoms with Gasteiger partial charge in [-0.1, -0.05) is 0 Å². The van der Waals surface area contributed by atoms with Gasteiger partial charge in [-0.25, -0.2) is 0 Å². The number of aliphatic hydroxyl groups is 2. The number of ketones is 2. The third-order valence-corrected chi connectivity index (χ3v) is 9.86. The van der Waals surface area contributed by atoms with E-state index in [4.69, 9.17) is 18.9 Å².